The number of allylic oxidation sites excluding steroid dienone is 1. The maximum Gasteiger partial charge on any atom is 0.328 e. The fourth-order valence-electron chi connectivity index (χ4n) is 3.16. The van der Waals surface area contributed by atoms with Gasteiger partial charge in [-0.3, -0.25) is 4.72 Å². The van der Waals surface area contributed by atoms with Gasteiger partial charge >= 0.3 is 5.50 Å². The Balaban J connectivity index is 1.79. The largest absolute Gasteiger partial charge is 0.328 e. The van der Waals surface area contributed by atoms with Crippen molar-refractivity contribution < 1.29 is 22.0 Å². The smallest absolute Gasteiger partial charge is 0.304 e. The molecule has 0 fully saturated rings. The van der Waals surface area contributed by atoms with E-state index in [4.69, 9.17) is 0 Å². The fraction of sp³-hybridized carbons (Fsp3) is 0.381. The van der Waals surface area contributed by atoms with Crippen LogP contribution in [0.5, 0.6) is 0 Å². The van der Waals surface area contributed by atoms with Crippen LogP contribution in [0.15, 0.2) is 59.1 Å². The van der Waals surface area contributed by atoms with Crippen molar-refractivity contribution in [3.8, 4) is 0 Å². The summed E-state index contributed by atoms with van der Waals surface area (Å²) < 4.78 is 55.0. The number of hydrogen-bond donors (Lipinski definition) is 1. The van der Waals surface area contributed by atoms with E-state index in [1.54, 1.807) is 31.0 Å². The van der Waals surface area contributed by atoms with Gasteiger partial charge in [-0.05, 0) is 68.4 Å². The minimum Gasteiger partial charge on any atom is -0.304 e. The van der Waals surface area contributed by atoms with E-state index in [0.717, 1.165) is 22.1 Å². The summed E-state index contributed by atoms with van der Waals surface area (Å²) in [6.07, 6.45) is 2.43. The molecule has 0 aromatic heterocycles. The van der Waals surface area contributed by atoms with Gasteiger partial charge in [0.15, 0.2) is 5.83 Å². The molecule has 0 radical (unpaired) electrons. The number of sulfonamides is 1. The van der Waals surface area contributed by atoms with Crippen molar-refractivity contribution in [1.82, 2.24) is 9.62 Å². The van der Waals surface area contributed by atoms with Crippen molar-refractivity contribution in [2.24, 2.45) is 5.41 Å². The summed E-state index contributed by atoms with van der Waals surface area (Å²) in [5.74, 6) is -1.07. The molecule has 0 spiro atoms. The van der Waals surface area contributed by atoms with E-state index in [0.29, 0.717) is 0 Å². The first kappa shape index (κ1) is 23.2. The molecule has 1 heterocycles. The number of benzene rings is 1. The summed E-state index contributed by atoms with van der Waals surface area (Å²) >= 11 is 1.28. The normalized spacial score (nSPS) is 23.5. The standard InChI is InChI=1S/C21H24F2N3O3S2/c1-14(2)31(28,29)24-19-11-17(23)9-10-21(19,3)13-26(27)20-25(4)18(12-30-20)15-5-7-16(22)8-6-15/h5-8,10-12,14,20,24H,13H2,1-4H3/q+1. The van der Waals surface area contributed by atoms with E-state index in [9.17, 15) is 22.1 Å². The first-order valence-electron chi connectivity index (χ1n) is 9.58. The Bertz CT molecular complexity index is 1120. The summed E-state index contributed by atoms with van der Waals surface area (Å²) in [6, 6.07) is 5.97. The van der Waals surface area contributed by atoms with Crippen LogP contribution in [-0.2, 0) is 10.0 Å². The average Bonchev–Trinajstić information content (AvgIpc) is 3.07. The molecule has 3 rings (SSSR count). The van der Waals surface area contributed by atoms with Crippen molar-refractivity contribution in [2.75, 3.05) is 13.6 Å². The number of rotatable bonds is 7. The first-order valence-corrected chi connectivity index (χ1v) is 12.1. The molecule has 0 saturated carbocycles. The monoisotopic (exact) mass is 468 g/mol. The predicted molar refractivity (Wildman–Crippen MR) is 118 cm³/mol. The third-order valence-electron chi connectivity index (χ3n) is 5.17. The molecular weight excluding hydrogens is 444 g/mol. The molecule has 31 heavy (non-hydrogen) atoms. The lowest BCUT2D eigenvalue weighted by molar-refractivity contribution is -0.587. The molecule has 1 aromatic carbocycles. The van der Waals surface area contributed by atoms with Gasteiger partial charge in [-0.25, -0.2) is 12.8 Å². The van der Waals surface area contributed by atoms with E-state index in [-0.39, 0.29) is 18.1 Å². The molecule has 0 saturated heterocycles. The molecule has 1 aromatic rings. The van der Waals surface area contributed by atoms with Crippen molar-refractivity contribution in [2.45, 2.75) is 31.5 Å². The fourth-order valence-corrected chi connectivity index (χ4v) is 5.05. The zero-order valence-corrected chi connectivity index (χ0v) is 19.2. The molecule has 1 N–H and O–H groups in total. The molecule has 0 bridgehead atoms. The van der Waals surface area contributed by atoms with Gasteiger partial charge in [0.2, 0.25) is 16.6 Å². The highest BCUT2D eigenvalue weighted by Crippen LogP contribution is 2.38. The number of halogens is 2. The van der Waals surface area contributed by atoms with Crippen LogP contribution in [0.2, 0.25) is 0 Å². The molecule has 166 valence electrons. The number of hydrogen-bond acceptors (Lipinski definition) is 5. The summed E-state index contributed by atoms with van der Waals surface area (Å²) in [7, 11) is -1.98. The average molecular weight is 469 g/mol. The highest BCUT2D eigenvalue weighted by molar-refractivity contribution is 8.02. The molecule has 1 aliphatic carbocycles. The van der Waals surface area contributed by atoms with Gasteiger partial charge in [0, 0.05) is 33.9 Å². The van der Waals surface area contributed by atoms with Crippen LogP contribution in [0.25, 0.3) is 5.70 Å². The Morgan fingerprint density at radius 1 is 1.29 bits per heavy atom. The Morgan fingerprint density at radius 2 is 1.94 bits per heavy atom. The first-order chi connectivity index (χ1) is 14.4. The summed E-state index contributed by atoms with van der Waals surface area (Å²) in [4.78, 5) is 14.9. The van der Waals surface area contributed by atoms with E-state index in [2.05, 4.69) is 10.5 Å². The van der Waals surface area contributed by atoms with Crippen LogP contribution in [0, 0.1) is 16.1 Å². The van der Waals surface area contributed by atoms with Gasteiger partial charge in [-0.15, -0.1) is 0 Å². The van der Waals surface area contributed by atoms with Gasteiger partial charge < -0.3 is 4.90 Å². The summed E-state index contributed by atoms with van der Waals surface area (Å²) in [5, 5.41) is 1.09. The third kappa shape index (κ3) is 4.92. The molecule has 6 nitrogen and oxygen atoms in total. The Labute approximate surface area is 185 Å². The van der Waals surface area contributed by atoms with Crippen LogP contribution in [0.3, 0.4) is 0 Å². The van der Waals surface area contributed by atoms with Gasteiger partial charge in [0.1, 0.15) is 5.82 Å². The number of nitrogens with zero attached hydrogens (tertiary/aromatic N) is 2. The van der Waals surface area contributed by atoms with Crippen molar-refractivity contribution in [3.05, 3.63) is 75.4 Å². The molecule has 1 aliphatic heterocycles. The van der Waals surface area contributed by atoms with Crippen LogP contribution >= 0.6 is 11.8 Å². The Hall–Kier alpha value is -2.42. The van der Waals surface area contributed by atoms with Gasteiger partial charge in [-0.2, -0.15) is 4.39 Å². The third-order valence-corrected chi connectivity index (χ3v) is 8.07. The molecular formula is C21H24F2N3O3S2+. The van der Waals surface area contributed by atoms with Crippen molar-refractivity contribution >= 4 is 27.5 Å². The molecule has 2 unspecified atom stereocenters. The Morgan fingerprint density at radius 3 is 2.55 bits per heavy atom. The maximum absolute atomic E-state index is 13.8. The second-order valence-electron chi connectivity index (χ2n) is 7.97. The zero-order valence-electron chi connectivity index (χ0n) is 17.6. The zero-order chi connectivity index (χ0) is 23.0. The Kier molecular flexibility index (Phi) is 6.45. The molecule has 2 aliphatic rings. The molecule has 2 atom stereocenters. The maximum atomic E-state index is 13.8. The lowest BCUT2D eigenvalue weighted by Gasteiger charge is -2.29. The number of thioether (sulfide) groups is 1. The topological polar surface area (TPSA) is 69.5 Å². The van der Waals surface area contributed by atoms with Crippen molar-refractivity contribution in [3.63, 3.8) is 0 Å². The highest BCUT2D eigenvalue weighted by atomic mass is 32.2. The molecule has 10 heteroatoms. The lowest BCUT2D eigenvalue weighted by atomic mass is 9.84. The van der Waals surface area contributed by atoms with Gasteiger partial charge in [0.05, 0.1) is 16.4 Å². The van der Waals surface area contributed by atoms with E-state index < -0.39 is 32.0 Å². The van der Waals surface area contributed by atoms with E-state index in [1.807, 2.05) is 5.41 Å². The van der Waals surface area contributed by atoms with Crippen LogP contribution in [-0.4, -0.2) is 42.4 Å². The molecule has 0 amide bonds. The number of nitrogens with one attached hydrogen (secondary N) is 1. The van der Waals surface area contributed by atoms with E-state index in [1.165, 1.54) is 43.8 Å². The highest BCUT2D eigenvalue weighted by Gasteiger charge is 2.44. The SMILES string of the molecule is CC(C)S(=O)(=O)NC1=CC(F)=C=CC1(C)C[N+](=O)C1SC=C(c2ccc(F)cc2)N1C. The van der Waals surface area contributed by atoms with Gasteiger partial charge in [-0.1, -0.05) is 5.73 Å². The van der Waals surface area contributed by atoms with Crippen molar-refractivity contribution in [1.29, 1.82) is 0 Å². The van der Waals surface area contributed by atoms with Crippen LogP contribution < -0.4 is 4.72 Å². The minimum absolute atomic E-state index is 0.0793. The van der Waals surface area contributed by atoms with Gasteiger partial charge in [0.25, 0.3) is 0 Å². The van der Waals surface area contributed by atoms with Crippen LogP contribution in [0.4, 0.5) is 8.78 Å². The quantitative estimate of drug-likeness (QED) is 0.482. The lowest BCUT2D eigenvalue weighted by Crippen LogP contribution is -2.44. The van der Waals surface area contributed by atoms with E-state index >= 15 is 0 Å². The summed E-state index contributed by atoms with van der Waals surface area (Å²) in [5.41, 5.74) is 2.34. The summed E-state index contributed by atoms with van der Waals surface area (Å²) in [6.45, 7) is 4.54. The predicted octanol–water partition coefficient (Wildman–Crippen LogP) is 4.11. The second-order valence-corrected chi connectivity index (χ2v) is 11.1. The second kappa shape index (κ2) is 8.61. The minimum atomic E-state index is -3.73. The van der Waals surface area contributed by atoms with Crippen LogP contribution in [0.1, 0.15) is 26.3 Å². The number of nitroso groups, excluding NO2 is 1.